The van der Waals surface area contributed by atoms with E-state index in [2.05, 4.69) is 20.3 Å². The predicted octanol–water partition coefficient (Wildman–Crippen LogP) is 2.53. The Kier molecular flexibility index (Phi) is 7.94. The number of piperidine rings is 1. The molecule has 2 amide bonds. The second-order valence-corrected chi connectivity index (χ2v) is 12.8. The van der Waals surface area contributed by atoms with Gasteiger partial charge in [0, 0.05) is 42.7 Å². The van der Waals surface area contributed by atoms with E-state index in [0.29, 0.717) is 28.9 Å². The van der Waals surface area contributed by atoms with Crippen molar-refractivity contribution in [2.75, 3.05) is 38.2 Å². The molecule has 0 aromatic carbocycles. The monoisotopic (exact) mass is 528 g/mol. The van der Waals surface area contributed by atoms with Crippen LogP contribution in [-0.4, -0.2) is 83.8 Å². The van der Waals surface area contributed by atoms with Crippen LogP contribution in [-0.2, 0) is 14.6 Å². The lowest BCUT2D eigenvalue weighted by atomic mass is 9.91. The van der Waals surface area contributed by atoms with Crippen LogP contribution in [0.5, 0.6) is 0 Å². The summed E-state index contributed by atoms with van der Waals surface area (Å²) in [6, 6.07) is 1.93. The number of nitrogens with zero attached hydrogens (tertiary/aromatic N) is 5. The van der Waals surface area contributed by atoms with E-state index in [1.807, 2.05) is 37.6 Å². The van der Waals surface area contributed by atoms with E-state index in [4.69, 9.17) is 4.98 Å². The van der Waals surface area contributed by atoms with Gasteiger partial charge in [0.15, 0.2) is 5.65 Å². The molecule has 1 unspecified atom stereocenters. The van der Waals surface area contributed by atoms with Crippen LogP contribution in [0.3, 0.4) is 0 Å². The summed E-state index contributed by atoms with van der Waals surface area (Å²) in [5.74, 6) is -0.673. The molecule has 1 fully saturated rings. The summed E-state index contributed by atoms with van der Waals surface area (Å²) in [7, 11) is -3.00. The number of dihydropyridines is 1. The number of amides is 2. The van der Waals surface area contributed by atoms with E-state index in [1.165, 1.54) is 6.26 Å². The summed E-state index contributed by atoms with van der Waals surface area (Å²) in [6.07, 6.45) is 6.48. The van der Waals surface area contributed by atoms with Gasteiger partial charge in [-0.3, -0.25) is 9.59 Å². The van der Waals surface area contributed by atoms with Crippen LogP contribution >= 0.6 is 0 Å². The highest BCUT2D eigenvalue weighted by atomic mass is 32.2. The third kappa shape index (κ3) is 6.32. The minimum Gasteiger partial charge on any atom is -0.351 e. The summed E-state index contributed by atoms with van der Waals surface area (Å²) in [5.41, 5.74) is 3.56. The molecule has 4 heterocycles. The molecular formula is C26H36N6O4S. The molecule has 11 heteroatoms. The Balaban J connectivity index is 1.55. The van der Waals surface area contributed by atoms with E-state index < -0.39 is 15.8 Å². The molecule has 37 heavy (non-hydrogen) atoms. The van der Waals surface area contributed by atoms with Crippen molar-refractivity contribution in [3.63, 3.8) is 0 Å². The van der Waals surface area contributed by atoms with E-state index in [9.17, 15) is 18.0 Å². The highest BCUT2D eigenvalue weighted by Gasteiger charge is 2.27. The maximum absolute atomic E-state index is 13.4. The number of hydrogen-bond donors (Lipinski definition) is 1. The Hall–Kier alpha value is -2.92. The van der Waals surface area contributed by atoms with E-state index in [0.717, 1.165) is 37.2 Å². The number of hydrogen-bond acceptors (Lipinski definition) is 7. The van der Waals surface area contributed by atoms with Gasteiger partial charge in [-0.2, -0.15) is 5.10 Å². The lowest BCUT2D eigenvalue weighted by Gasteiger charge is -2.31. The van der Waals surface area contributed by atoms with Crippen molar-refractivity contribution < 1.29 is 18.0 Å². The molecule has 1 atom stereocenters. The first-order valence-corrected chi connectivity index (χ1v) is 14.8. The fraction of sp³-hybridized carbons (Fsp3) is 0.577. The minimum absolute atomic E-state index is 0.0720. The number of nitrogens with one attached hydrogen (secondary N) is 1. The van der Waals surface area contributed by atoms with Gasteiger partial charge in [0.2, 0.25) is 0 Å². The van der Waals surface area contributed by atoms with Crippen molar-refractivity contribution in [1.29, 1.82) is 0 Å². The first-order valence-electron chi connectivity index (χ1n) is 12.8. The number of allylic oxidation sites excluding steroid dienone is 1. The zero-order valence-corrected chi connectivity index (χ0v) is 23.0. The highest BCUT2D eigenvalue weighted by Crippen LogP contribution is 2.31. The van der Waals surface area contributed by atoms with Crippen molar-refractivity contribution >= 4 is 38.4 Å². The number of carbonyl (C=O) groups is 2. The predicted molar refractivity (Wildman–Crippen MR) is 144 cm³/mol. The van der Waals surface area contributed by atoms with Gasteiger partial charge in [0.05, 0.1) is 28.8 Å². The Labute approximate surface area is 218 Å². The summed E-state index contributed by atoms with van der Waals surface area (Å²) in [6.45, 7) is 9.97. The zero-order valence-electron chi connectivity index (χ0n) is 22.2. The van der Waals surface area contributed by atoms with Crippen molar-refractivity contribution in [3.8, 4) is 0 Å². The number of likely N-dealkylation sites (tertiary alicyclic amines) is 1. The molecule has 4 rings (SSSR count). The number of aliphatic imine (C=N–C) groups is 1. The average molecular weight is 529 g/mol. The SMILES string of the molecule is CC1=CC(C)=NC(=O)C1CNC(=O)c1cc(C2CCN(CCS(C)(=O)=O)CC2)nc2c1cnn2C(C)C. The zero-order chi connectivity index (χ0) is 26.9. The molecule has 0 radical (unpaired) electrons. The van der Waals surface area contributed by atoms with Gasteiger partial charge in [-0.05, 0) is 65.8 Å². The molecule has 0 bridgehead atoms. The molecule has 2 aliphatic rings. The third-order valence-electron chi connectivity index (χ3n) is 7.14. The van der Waals surface area contributed by atoms with E-state index in [1.54, 1.807) is 13.1 Å². The molecular weight excluding hydrogens is 492 g/mol. The molecule has 2 aromatic heterocycles. The van der Waals surface area contributed by atoms with Crippen LogP contribution in [0.15, 0.2) is 28.9 Å². The normalized spacial score (nSPS) is 19.8. The van der Waals surface area contributed by atoms with Crippen LogP contribution in [0.4, 0.5) is 0 Å². The molecule has 1 N–H and O–H groups in total. The quantitative estimate of drug-likeness (QED) is 0.558. The second kappa shape index (κ2) is 10.8. The molecule has 0 spiro atoms. The van der Waals surface area contributed by atoms with Gasteiger partial charge in [-0.15, -0.1) is 0 Å². The second-order valence-electron chi connectivity index (χ2n) is 10.5. The number of pyridine rings is 1. The van der Waals surface area contributed by atoms with Gasteiger partial charge in [0.1, 0.15) is 9.84 Å². The van der Waals surface area contributed by atoms with Crippen molar-refractivity contribution in [2.45, 2.75) is 52.5 Å². The fourth-order valence-corrected chi connectivity index (χ4v) is 5.60. The van der Waals surface area contributed by atoms with E-state index >= 15 is 0 Å². The van der Waals surface area contributed by atoms with Gasteiger partial charge in [-0.25, -0.2) is 23.1 Å². The third-order valence-corrected chi connectivity index (χ3v) is 8.07. The van der Waals surface area contributed by atoms with Crippen molar-refractivity contribution in [1.82, 2.24) is 25.0 Å². The number of rotatable bonds is 8. The first kappa shape index (κ1) is 27.1. The maximum Gasteiger partial charge on any atom is 0.254 e. The average Bonchev–Trinajstić information content (AvgIpc) is 3.25. The number of fused-ring (bicyclic) bond motifs is 1. The number of sulfone groups is 1. The molecule has 0 saturated carbocycles. The lowest BCUT2D eigenvalue weighted by Crippen LogP contribution is -2.36. The van der Waals surface area contributed by atoms with E-state index in [-0.39, 0.29) is 36.1 Å². The first-order chi connectivity index (χ1) is 17.4. The van der Waals surface area contributed by atoms with Gasteiger partial charge < -0.3 is 10.2 Å². The molecule has 2 aliphatic heterocycles. The Bertz CT molecular complexity index is 1370. The van der Waals surface area contributed by atoms with Crippen molar-refractivity contribution in [3.05, 3.63) is 35.2 Å². The van der Waals surface area contributed by atoms with Crippen LogP contribution in [0.2, 0.25) is 0 Å². The molecule has 1 saturated heterocycles. The van der Waals surface area contributed by atoms with Crippen LogP contribution in [0.25, 0.3) is 11.0 Å². The fourth-order valence-electron chi connectivity index (χ4n) is 5.01. The summed E-state index contributed by atoms with van der Waals surface area (Å²) >= 11 is 0. The smallest absolute Gasteiger partial charge is 0.254 e. The van der Waals surface area contributed by atoms with Crippen molar-refractivity contribution in [2.24, 2.45) is 10.9 Å². The standard InChI is InChI=1S/C26H36N6O4S/c1-16(2)32-24-22(15-28-32)20(25(33)27-14-21-17(3)12-18(4)29-26(21)34)13-23(30-24)19-6-8-31(9-7-19)10-11-37(5,35)36/h12-13,15-16,19,21H,6-11,14H2,1-5H3,(H,27,33). The Morgan fingerprint density at radius 1 is 1.22 bits per heavy atom. The van der Waals surface area contributed by atoms with Gasteiger partial charge in [0.25, 0.3) is 11.8 Å². The van der Waals surface area contributed by atoms with Crippen LogP contribution in [0.1, 0.15) is 68.5 Å². The largest absolute Gasteiger partial charge is 0.351 e. The summed E-state index contributed by atoms with van der Waals surface area (Å²) in [4.78, 5) is 37.0. The summed E-state index contributed by atoms with van der Waals surface area (Å²) in [5, 5.41) is 8.11. The number of carbonyl (C=O) groups excluding carboxylic acids is 2. The maximum atomic E-state index is 13.4. The molecule has 200 valence electrons. The van der Waals surface area contributed by atoms with Crippen LogP contribution < -0.4 is 5.32 Å². The lowest BCUT2D eigenvalue weighted by molar-refractivity contribution is -0.120. The Morgan fingerprint density at radius 3 is 2.54 bits per heavy atom. The highest BCUT2D eigenvalue weighted by molar-refractivity contribution is 7.90. The molecule has 10 nitrogen and oxygen atoms in total. The summed E-state index contributed by atoms with van der Waals surface area (Å²) < 4.78 is 24.9. The van der Waals surface area contributed by atoms with Gasteiger partial charge >= 0.3 is 0 Å². The molecule has 2 aromatic rings. The van der Waals surface area contributed by atoms with Gasteiger partial charge in [-0.1, -0.05) is 5.57 Å². The van der Waals surface area contributed by atoms with Crippen LogP contribution in [0, 0.1) is 5.92 Å². The Morgan fingerprint density at radius 2 is 1.92 bits per heavy atom. The topological polar surface area (TPSA) is 127 Å². The molecule has 0 aliphatic carbocycles. The minimum atomic E-state index is -3.00. The number of aromatic nitrogens is 3.